The molecule has 21 heavy (non-hydrogen) atoms. The summed E-state index contributed by atoms with van der Waals surface area (Å²) in [6, 6.07) is 8.05. The molecule has 0 aliphatic carbocycles. The molecule has 0 atom stereocenters. The lowest BCUT2D eigenvalue weighted by molar-refractivity contribution is 0.0946. The minimum Gasteiger partial charge on any atom is -0.396 e. The Balaban J connectivity index is 2.06. The van der Waals surface area contributed by atoms with Gasteiger partial charge in [-0.2, -0.15) is 5.10 Å². The Hall–Kier alpha value is -2.34. The van der Waals surface area contributed by atoms with Crippen LogP contribution in [0.1, 0.15) is 21.6 Å². The van der Waals surface area contributed by atoms with Crippen LogP contribution in [0.3, 0.4) is 0 Å². The van der Waals surface area contributed by atoms with Gasteiger partial charge in [-0.05, 0) is 25.2 Å². The fourth-order valence-electron chi connectivity index (χ4n) is 2.17. The van der Waals surface area contributed by atoms with E-state index in [0.717, 1.165) is 12.1 Å². The van der Waals surface area contributed by atoms with Crippen molar-refractivity contribution in [2.45, 2.75) is 13.1 Å². The third kappa shape index (κ3) is 3.82. The number of nitrogen functional groups attached to an aromatic ring is 1. The summed E-state index contributed by atoms with van der Waals surface area (Å²) in [6.07, 6.45) is 1.62. The molecular weight excluding hydrogens is 266 g/mol. The fourth-order valence-corrected chi connectivity index (χ4v) is 2.17. The molecule has 2 rings (SSSR count). The first kappa shape index (κ1) is 15.1. The van der Waals surface area contributed by atoms with E-state index in [9.17, 15) is 4.79 Å². The average Bonchev–Trinajstić information content (AvgIpc) is 2.76. The van der Waals surface area contributed by atoms with Gasteiger partial charge in [0.15, 0.2) is 5.69 Å². The van der Waals surface area contributed by atoms with Gasteiger partial charge in [-0.1, -0.05) is 24.3 Å². The van der Waals surface area contributed by atoms with Crippen molar-refractivity contribution >= 4 is 11.6 Å². The number of aromatic nitrogens is 2. The molecule has 0 saturated carbocycles. The molecule has 0 aliphatic heterocycles. The predicted octanol–water partition coefficient (Wildman–Crippen LogP) is 0.994. The molecule has 1 heterocycles. The number of carbonyl (C=O) groups is 1. The van der Waals surface area contributed by atoms with Crippen LogP contribution in [-0.4, -0.2) is 34.7 Å². The van der Waals surface area contributed by atoms with E-state index in [1.807, 2.05) is 32.3 Å². The van der Waals surface area contributed by atoms with Crippen LogP contribution in [0.15, 0.2) is 30.5 Å². The maximum Gasteiger partial charge on any atom is 0.274 e. The molecule has 112 valence electrons. The van der Waals surface area contributed by atoms with Crippen LogP contribution in [0.2, 0.25) is 0 Å². The third-order valence-corrected chi connectivity index (χ3v) is 3.12. The van der Waals surface area contributed by atoms with E-state index in [2.05, 4.69) is 21.4 Å². The molecule has 6 nitrogen and oxygen atoms in total. The lowest BCUT2D eigenvalue weighted by Gasteiger charge is -2.14. The van der Waals surface area contributed by atoms with E-state index in [4.69, 9.17) is 5.73 Å². The number of benzene rings is 1. The van der Waals surface area contributed by atoms with Crippen LogP contribution in [0.5, 0.6) is 0 Å². The highest BCUT2D eigenvalue weighted by Crippen LogP contribution is 2.12. The van der Waals surface area contributed by atoms with E-state index in [1.165, 1.54) is 10.2 Å². The molecular formula is C15H21N5O. The number of hydrogen-bond acceptors (Lipinski definition) is 4. The number of carbonyl (C=O) groups excluding carboxylic acids is 1. The molecule has 2 aromatic rings. The molecule has 0 radical (unpaired) electrons. The molecule has 0 bridgehead atoms. The van der Waals surface area contributed by atoms with Crippen LogP contribution in [-0.2, 0) is 20.1 Å². The predicted molar refractivity (Wildman–Crippen MR) is 82.6 cm³/mol. The Bertz CT molecular complexity index is 633. The average molecular weight is 287 g/mol. The van der Waals surface area contributed by atoms with Crippen molar-refractivity contribution in [2.75, 3.05) is 19.8 Å². The summed E-state index contributed by atoms with van der Waals surface area (Å²) >= 11 is 0. The highest BCUT2D eigenvalue weighted by atomic mass is 16.1. The molecule has 3 N–H and O–H groups in total. The van der Waals surface area contributed by atoms with Gasteiger partial charge in [0.25, 0.3) is 5.91 Å². The normalized spacial score (nSPS) is 10.9. The smallest absolute Gasteiger partial charge is 0.274 e. The molecule has 0 fully saturated rings. The van der Waals surface area contributed by atoms with Crippen molar-refractivity contribution in [3.05, 3.63) is 47.3 Å². The Morgan fingerprint density at radius 3 is 2.57 bits per heavy atom. The van der Waals surface area contributed by atoms with Gasteiger partial charge in [0.1, 0.15) is 0 Å². The Labute approximate surface area is 124 Å². The molecule has 6 heteroatoms. The zero-order valence-corrected chi connectivity index (χ0v) is 12.6. The summed E-state index contributed by atoms with van der Waals surface area (Å²) in [7, 11) is 5.77. The van der Waals surface area contributed by atoms with Crippen LogP contribution in [0.25, 0.3) is 0 Å². The number of hydrogen-bond donors (Lipinski definition) is 2. The Kier molecular flexibility index (Phi) is 4.59. The lowest BCUT2D eigenvalue weighted by atomic mass is 10.1. The molecule has 0 saturated heterocycles. The SMILES string of the molecule is CN(C)Cc1ccccc1CNC(=O)c1nn(C)cc1N. The van der Waals surface area contributed by atoms with Crippen molar-refractivity contribution in [1.29, 1.82) is 0 Å². The van der Waals surface area contributed by atoms with Crippen molar-refractivity contribution in [1.82, 2.24) is 20.0 Å². The fraction of sp³-hybridized carbons (Fsp3) is 0.333. The van der Waals surface area contributed by atoms with Crippen molar-refractivity contribution in [3.8, 4) is 0 Å². The first-order chi connectivity index (χ1) is 9.97. The van der Waals surface area contributed by atoms with Crippen LogP contribution >= 0.6 is 0 Å². The second kappa shape index (κ2) is 6.41. The monoisotopic (exact) mass is 287 g/mol. The van der Waals surface area contributed by atoms with E-state index in [-0.39, 0.29) is 11.6 Å². The summed E-state index contributed by atoms with van der Waals surface area (Å²) in [6.45, 7) is 1.29. The van der Waals surface area contributed by atoms with Gasteiger partial charge in [0.05, 0.1) is 5.69 Å². The highest BCUT2D eigenvalue weighted by molar-refractivity contribution is 5.96. The highest BCUT2D eigenvalue weighted by Gasteiger charge is 2.14. The zero-order chi connectivity index (χ0) is 15.4. The summed E-state index contributed by atoms with van der Waals surface area (Å²) in [5, 5.41) is 6.93. The van der Waals surface area contributed by atoms with Gasteiger partial charge >= 0.3 is 0 Å². The van der Waals surface area contributed by atoms with Gasteiger partial charge < -0.3 is 16.0 Å². The number of anilines is 1. The van der Waals surface area contributed by atoms with Gasteiger partial charge in [-0.3, -0.25) is 9.48 Å². The summed E-state index contributed by atoms with van der Waals surface area (Å²) in [5.74, 6) is -0.257. The van der Waals surface area contributed by atoms with Crippen LogP contribution < -0.4 is 11.1 Å². The molecule has 0 spiro atoms. The minimum absolute atomic E-state index is 0.257. The van der Waals surface area contributed by atoms with Crippen LogP contribution in [0, 0.1) is 0 Å². The van der Waals surface area contributed by atoms with E-state index < -0.39 is 0 Å². The summed E-state index contributed by atoms with van der Waals surface area (Å²) < 4.78 is 1.53. The second-order valence-electron chi connectivity index (χ2n) is 5.30. The lowest BCUT2D eigenvalue weighted by Crippen LogP contribution is -2.25. The number of nitrogens with zero attached hydrogens (tertiary/aromatic N) is 3. The number of aryl methyl sites for hydroxylation is 1. The van der Waals surface area contributed by atoms with E-state index >= 15 is 0 Å². The first-order valence-electron chi connectivity index (χ1n) is 6.76. The number of amides is 1. The minimum atomic E-state index is -0.257. The van der Waals surface area contributed by atoms with Crippen molar-refractivity contribution in [2.24, 2.45) is 7.05 Å². The second-order valence-corrected chi connectivity index (χ2v) is 5.30. The molecule has 1 aromatic heterocycles. The largest absolute Gasteiger partial charge is 0.396 e. The van der Waals surface area contributed by atoms with Crippen LogP contribution in [0.4, 0.5) is 5.69 Å². The number of nitrogens with one attached hydrogen (secondary N) is 1. The summed E-state index contributed by atoms with van der Waals surface area (Å²) in [5.41, 5.74) is 8.69. The molecule has 1 aromatic carbocycles. The van der Waals surface area contributed by atoms with E-state index in [1.54, 1.807) is 13.2 Å². The van der Waals surface area contributed by atoms with Gasteiger partial charge in [0.2, 0.25) is 0 Å². The van der Waals surface area contributed by atoms with Crippen molar-refractivity contribution < 1.29 is 4.79 Å². The molecule has 0 aliphatic rings. The van der Waals surface area contributed by atoms with Gasteiger partial charge in [-0.25, -0.2) is 0 Å². The number of nitrogens with two attached hydrogens (primary N) is 1. The third-order valence-electron chi connectivity index (χ3n) is 3.12. The number of rotatable bonds is 5. The Morgan fingerprint density at radius 2 is 2.00 bits per heavy atom. The topological polar surface area (TPSA) is 76.2 Å². The molecule has 1 amide bonds. The molecule has 0 unspecified atom stereocenters. The van der Waals surface area contributed by atoms with E-state index in [0.29, 0.717) is 12.2 Å². The maximum atomic E-state index is 12.1. The van der Waals surface area contributed by atoms with Crippen molar-refractivity contribution in [3.63, 3.8) is 0 Å². The Morgan fingerprint density at radius 1 is 1.33 bits per heavy atom. The van der Waals surface area contributed by atoms with Gasteiger partial charge in [-0.15, -0.1) is 0 Å². The quantitative estimate of drug-likeness (QED) is 0.860. The zero-order valence-electron chi connectivity index (χ0n) is 12.6. The van der Waals surface area contributed by atoms with Gasteiger partial charge in [0, 0.05) is 26.3 Å². The maximum absolute atomic E-state index is 12.1. The first-order valence-corrected chi connectivity index (χ1v) is 6.76. The summed E-state index contributed by atoms with van der Waals surface area (Å²) in [4.78, 5) is 14.2. The standard InChI is InChI=1S/C15H21N5O/c1-19(2)9-12-7-5-4-6-11(12)8-17-15(21)14-13(16)10-20(3)18-14/h4-7,10H,8-9,16H2,1-3H3,(H,17,21).